The van der Waals surface area contributed by atoms with E-state index in [1.807, 2.05) is 55.5 Å². The number of benzene rings is 3. The van der Waals surface area contributed by atoms with E-state index < -0.39 is 0 Å². The van der Waals surface area contributed by atoms with Crippen LogP contribution in [0.1, 0.15) is 17.3 Å². The number of methoxy groups -OCH3 is 1. The summed E-state index contributed by atoms with van der Waals surface area (Å²) in [6.45, 7) is 2.17. The summed E-state index contributed by atoms with van der Waals surface area (Å²) in [5, 5.41) is 4.02. The summed E-state index contributed by atoms with van der Waals surface area (Å²) in [5.41, 5.74) is 0.591. The first-order valence-corrected chi connectivity index (χ1v) is 6.91. The molecule has 0 aliphatic heterocycles. The van der Waals surface area contributed by atoms with E-state index in [4.69, 9.17) is 9.47 Å². The van der Waals surface area contributed by atoms with Gasteiger partial charge in [-0.1, -0.05) is 30.3 Å². The highest BCUT2D eigenvalue weighted by Gasteiger charge is 2.14. The van der Waals surface area contributed by atoms with Gasteiger partial charge in [0.25, 0.3) is 0 Å². The highest BCUT2D eigenvalue weighted by atomic mass is 16.5. The van der Waals surface area contributed by atoms with E-state index in [1.165, 1.54) is 0 Å². The van der Waals surface area contributed by atoms with Crippen LogP contribution in [0.15, 0.2) is 48.5 Å². The fourth-order valence-corrected chi connectivity index (χ4v) is 2.60. The lowest BCUT2D eigenvalue weighted by atomic mass is 9.97. The first kappa shape index (κ1) is 13.4. The topological polar surface area (TPSA) is 35.5 Å². The lowest BCUT2D eigenvalue weighted by Crippen LogP contribution is -2.05. The van der Waals surface area contributed by atoms with Crippen LogP contribution >= 0.6 is 0 Å². The summed E-state index contributed by atoms with van der Waals surface area (Å²) < 4.78 is 10.4. The molecule has 3 nitrogen and oxygen atoms in total. The molecule has 0 heterocycles. The third-order valence-electron chi connectivity index (χ3n) is 3.56. The molecule has 0 atom stereocenters. The largest absolute Gasteiger partial charge is 0.497 e. The number of rotatable bonds is 3. The quantitative estimate of drug-likeness (QED) is 0.533. The Kier molecular flexibility index (Phi) is 3.48. The van der Waals surface area contributed by atoms with Crippen LogP contribution in [0.3, 0.4) is 0 Å². The molecule has 0 aromatic heterocycles. The molecule has 21 heavy (non-hydrogen) atoms. The van der Waals surface area contributed by atoms with E-state index in [1.54, 1.807) is 7.11 Å². The molecule has 0 saturated heterocycles. The van der Waals surface area contributed by atoms with Gasteiger partial charge in [0.05, 0.1) is 19.3 Å². The number of fused-ring (bicyclic) bond motifs is 3. The van der Waals surface area contributed by atoms with Crippen molar-refractivity contribution in [3.63, 3.8) is 0 Å². The van der Waals surface area contributed by atoms with Crippen LogP contribution < -0.4 is 4.74 Å². The smallest absolute Gasteiger partial charge is 0.338 e. The average Bonchev–Trinajstić information content (AvgIpc) is 2.53. The number of ether oxygens (including phenoxy) is 2. The maximum atomic E-state index is 12.2. The number of carbonyl (C=O) groups excluding carboxylic acids is 1. The Bertz CT molecular complexity index is 821. The van der Waals surface area contributed by atoms with Crippen molar-refractivity contribution in [3.8, 4) is 5.75 Å². The minimum absolute atomic E-state index is 0.293. The van der Waals surface area contributed by atoms with Gasteiger partial charge in [0.1, 0.15) is 5.75 Å². The van der Waals surface area contributed by atoms with Crippen molar-refractivity contribution in [3.05, 3.63) is 54.1 Å². The Morgan fingerprint density at radius 1 is 1.00 bits per heavy atom. The summed E-state index contributed by atoms with van der Waals surface area (Å²) in [6.07, 6.45) is 0. The highest BCUT2D eigenvalue weighted by Crippen LogP contribution is 2.31. The summed E-state index contributed by atoms with van der Waals surface area (Å²) in [5.74, 6) is 0.478. The fraction of sp³-hybridized carbons (Fsp3) is 0.167. The van der Waals surface area contributed by atoms with Crippen molar-refractivity contribution in [2.45, 2.75) is 6.92 Å². The van der Waals surface area contributed by atoms with Crippen molar-refractivity contribution < 1.29 is 14.3 Å². The first-order chi connectivity index (χ1) is 10.2. The lowest BCUT2D eigenvalue weighted by Gasteiger charge is -2.10. The van der Waals surface area contributed by atoms with Gasteiger partial charge in [-0.2, -0.15) is 0 Å². The van der Waals surface area contributed by atoms with Crippen molar-refractivity contribution in [2.75, 3.05) is 13.7 Å². The summed E-state index contributed by atoms with van der Waals surface area (Å²) in [6, 6.07) is 15.6. The van der Waals surface area contributed by atoms with E-state index in [2.05, 4.69) is 0 Å². The van der Waals surface area contributed by atoms with E-state index in [0.29, 0.717) is 12.2 Å². The Balaban J connectivity index is 2.36. The number of hydrogen-bond donors (Lipinski definition) is 0. The molecule has 3 rings (SSSR count). The maximum absolute atomic E-state index is 12.2. The van der Waals surface area contributed by atoms with Crippen LogP contribution in [0.4, 0.5) is 0 Å². The molecule has 0 spiro atoms. The third kappa shape index (κ3) is 2.31. The fourth-order valence-electron chi connectivity index (χ4n) is 2.60. The highest BCUT2D eigenvalue weighted by molar-refractivity contribution is 6.16. The summed E-state index contributed by atoms with van der Waals surface area (Å²) in [7, 11) is 1.63. The van der Waals surface area contributed by atoms with E-state index in [-0.39, 0.29) is 5.97 Å². The molecule has 0 aliphatic rings. The molecular weight excluding hydrogens is 264 g/mol. The van der Waals surface area contributed by atoms with E-state index >= 15 is 0 Å². The molecule has 0 radical (unpaired) electrons. The van der Waals surface area contributed by atoms with Gasteiger partial charge in [-0.3, -0.25) is 0 Å². The zero-order chi connectivity index (χ0) is 14.8. The molecule has 3 heteroatoms. The molecular formula is C18H16O3. The zero-order valence-corrected chi connectivity index (χ0v) is 12.1. The molecule has 0 amide bonds. The van der Waals surface area contributed by atoms with Gasteiger partial charge in [-0.05, 0) is 46.7 Å². The second kappa shape index (κ2) is 5.44. The van der Waals surface area contributed by atoms with Gasteiger partial charge in [-0.15, -0.1) is 0 Å². The second-order valence-corrected chi connectivity index (χ2v) is 4.78. The minimum atomic E-state index is -0.293. The predicted octanol–water partition coefficient (Wildman–Crippen LogP) is 4.18. The third-order valence-corrected chi connectivity index (χ3v) is 3.56. The van der Waals surface area contributed by atoms with Gasteiger partial charge in [0.2, 0.25) is 0 Å². The molecule has 0 aliphatic carbocycles. The first-order valence-electron chi connectivity index (χ1n) is 6.91. The van der Waals surface area contributed by atoms with Gasteiger partial charge in [0.15, 0.2) is 0 Å². The molecule has 0 fully saturated rings. The van der Waals surface area contributed by atoms with Gasteiger partial charge < -0.3 is 9.47 Å². The van der Waals surface area contributed by atoms with Crippen molar-refractivity contribution in [1.82, 2.24) is 0 Å². The standard InChI is InChI=1S/C18H16O3/c1-3-21-18(19)17-11-12-10-13(20-2)8-9-14(12)15-6-4-5-7-16(15)17/h4-11H,3H2,1-2H3. The van der Waals surface area contributed by atoms with E-state index in [0.717, 1.165) is 27.3 Å². The molecule has 0 saturated carbocycles. The van der Waals surface area contributed by atoms with Crippen LogP contribution in [-0.4, -0.2) is 19.7 Å². The van der Waals surface area contributed by atoms with Gasteiger partial charge >= 0.3 is 5.97 Å². The van der Waals surface area contributed by atoms with E-state index in [9.17, 15) is 4.79 Å². The van der Waals surface area contributed by atoms with Crippen molar-refractivity contribution in [2.24, 2.45) is 0 Å². The van der Waals surface area contributed by atoms with Crippen LogP contribution in [0, 0.1) is 0 Å². The van der Waals surface area contributed by atoms with Gasteiger partial charge in [0, 0.05) is 0 Å². The minimum Gasteiger partial charge on any atom is -0.497 e. The summed E-state index contributed by atoms with van der Waals surface area (Å²) in [4.78, 5) is 12.2. The number of esters is 1. The van der Waals surface area contributed by atoms with Crippen LogP contribution in [0.2, 0.25) is 0 Å². The predicted molar refractivity (Wildman–Crippen MR) is 84.0 cm³/mol. The summed E-state index contributed by atoms with van der Waals surface area (Å²) >= 11 is 0. The zero-order valence-electron chi connectivity index (χ0n) is 12.1. The van der Waals surface area contributed by atoms with Crippen molar-refractivity contribution in [1.29, 1.82) is 0 Å². The molecule has 0 N–H and O–H groups in total. The number of hydrogen-bond acceptors (Lipinski definition) is 3. The average molecular weight is 280 g/mol. The Morgan fingerprint density at radius 2 is 1.76 bits per heavy atom. The molecule has 3 aromatic rings. The normalized spacial score (nSPS) is 10.8. The van der Waals surface area contributed by atoms with Gasteiger partial charge in [-0.25, -0.2) is 4.79 Å². The lowest BCUT2D eigenvalue weighted by molar-refractivity contribution is 0.0529. The monoisotopic (exact) mass is 280 g/mol. The second-order valence-electron chi connectivity index (χ2n) is 4.78. The Morgan fingerprint density at radius 3 is 2.48 bits per heavy atom. The van der Waals surface area contributed by atoms with Crippen LogP contribution in [-0.2, 0) is 4.74 Å². The number of carbonyl (C=O) groups is 1. The SMILES string of the molecule is CCOC(=O)c1cc2cc(OC)ccc2c2ccccc12. The van der Waals surface area contributed by atoms with Crippen LogP contribution in [0.5, 0.6) is 5.75 Å². The van der Waals surface area contributed by atoms with Crippen molar-refractivity contribution >= 4 is 27.5 Å². The molecule has 106 valence electrons. The molecule has 0 bridgehead atoms. The van der Waals surface area contributed by atoms with Crippen LogP contribution in [0.25, 0.3) is 21.5 Å². The Labute approximate surface area is 123 Å². The maximum Gasteiger partial charge on any atom is 0.338 e. The Hall–Kier alpha value is -2.55. The molecule has 3 aromatic carbocycles. The molecule has 0 unspecified atom stereocenters.